The summed E-state index contributed by atoms with van der Waals surface area (Å²) in [5, 5.41) is 10.6. The van der Waals surface area contributed by atoms with Crippen molar-refractivity contribution in [1.82, 2.24) is 4.90 Å². The summed E-state index contributed by atoms with van der Waals surface area (Å²) in [5.41, 5.74) is 1.29. The molecule has 0 radical (unpaired) electrons. The van der Waals surface area contributed by atoms with Gasteiger partial charge in [-0.05, 0) is 18.7 Å². The Morgan fingerprint density at radius 2 is 1.67 bits per heavy atom. The standard InChI is InChI=1S/C14H22N2O2/c1-5-15(6-2)11-14(3,4)12-7-9-13(10-8-12)16(17)18/h7-10H,5-6,11H2,1-4H3. The van der Waals surface area contributed by atoms with Crippen LogP contribution in [0.3, 0.4) is 0 Å². The van der Waals surface area contributed by atoms with Crippen LogP contribution in [0.5, 0.6) is 0 Å². The molecule has 0 aliphatic heterocycles. The molecule has 0 fully saturated rings. The van der Waals surface area contributed by atoms with E-state index in [-0.39, 0.29) is 16.0 Å². The summed E-state index contributed by atoms with van der Waals surface area (Å²) in [6.07, 6.45) is 0. The quantitative estimate of drug-likeness (QED) is 0.575. The smallest absolute Gasteiger partial charge is 0.269 e. The van der Waals surface area contributed by atoms with Crippen molar-refractivity contribution < 1.29 is 4.92 Å². The normalized spacial score (nSPS) is 11.8. The summed E-state index contributed by atoms with van der Waals surface area (Å²) in [6, 6.07) is 6.89. The molecule has 1 aromatic carbocycles. The van der Waals surface area contributed by atoms with Gasteiger partial charge in [-0.25, -0.2) is 0 Å². The first kappa shape index (κ1) is 14.6. The van der Waals surface area contributed by atoms with E-state index in [0.29, 0.717) is 0 Å². The first-order chi connectivity index (χ1) is 8.40. The molecule has 0 bridgehead atoms. The van der Waals surface area contributed by atoms with Gasteiger partial charge in [-0.3, -0.25) is 10.1 Å². The van der Waals surface area contributed by atoms with Crippen molar-refractivity contribution in [3.63, 3.8) is 0 Å². The van der Waals surface area contributed by atoms with E-state index in [1.54, 1.807) is 12.1 Å². The molecular weight excluding hydrogens is 228 g/mol. The zero-order valence-electron chi connectivity index (χ0n) is 11.6. The zero-order valence-corrected chi connectivity index (χ0v) is 11.6. The highest BCUT2D eigenvalue weighted by atomic mass is 16.6. The van der Waals surface area contributed by atoms with E-state index < -0.39 is 0 Å². The third-order valence-corrected chi connectivity index (χ3v) is 3.37. The van der Waals surface area contributed by atoms with E-state index >= 15 is 0 Å². The molecule has 0 aliphatic rings. The van der Waals surface area contributed by atoms with Crippen molar-refractivity contribution in [3.8, 4) is 0 Å². The largest absolute Gasteiger partial charge is 0.303 e. The highest BCUT2D eigenvalue weighted by Gasteiger charge is 2.23. The van der Waals surface area contributed by atoms with Crippen LogP contribution in [-0.2, 0) is 5.41 Å². The summed E-state index contributed by atoms with van der Waals surface area (Å²) in [5.74, 6) is 0. The Bertz CT molecular complexity index is 395. The van der Waals surface area contributed by atoms with Gasteiger partial charge in [0.2, 0.25) is 0 Å². The predicted molar refractivity (Wildman–Crippen MR) is 73.9 cm³/mol. The van der Waals surface area contributed by atoms with Gasteiger partial charge in [0.15, 0.2) is 0 Å². The lowest BCUT2D eigenvalue weighted by Gasteiger charge is -2.31. The maximum atomic E-state index is 10.6. The number of hydrogen-bond acceptors (Lipinski definition) is 3. The number of nitro groups is 1. The summed E-state index contributed by atoms with van der Waals surface area (Å²) < 4.78 is 0. The van der Waals surface area contributed by atoms with Crippen molar-refractivity contribution in [2.24, 2.45) is 0 Å². The lowest BCUT2D eigenvalue weighted by atomic mass is 9.84. The molecular formula is C14H22N2O2. The second-order valence-corrected chi connectivity index (χ2v) is 5.15. The van der Waals surface area contributed by atoms with Crippen molar-refractivity contribution in [2.45, 2.75) is 33.1 Å². The highest BCUT2D eigenvalue weighted by molar-refractivity contribution is 5.36. The number of nitro benzene ring substituents is 1. The lowest BCUT2D eigenvalue weighted by Crippen LogP contribution is -2.36. The van der Waals surface area contributed by atoms with Gasteiger partial charge in [-0.2, -0.15) is 0 Å². The third kappa shape index (κ3) is 3.53. The number of non-ortho nitro benzene ring substituents is 1. The van der Waals surface area contributed by atoms with Crippen LogP contribution in [0.2, 0.25) is 0 Å². The Morgan fingerprint density at radius 1 is 1.17 bits per heavy atom. The Balaban J connectivity index is 2.87. The zero-order chi connectivity index (χ0) is 13.8. The molecule has 100 valence electrons. The van der Waals surface area contributed by atoms with Crippen molar-refractivity contribution >= 4 is 5.69 Å². The maximum Gasteiger partial charge on any atom is 0.269 e. The Morgan fingerprint density at radius 3 is 2.06 bits per heavy atom. The molecule has 0 aromatic heterocycles. The topological polar surface area (TPSA) is 46.4 Å². The van der Waals surface area contributed by atoms with Crippen LogP contribution in [0, 0.1) is 10.1 Å². The van der Waals surface area contributed by atoms with Crippen LogP contribution in [0.15, 0.2) is 24.3 Å². The predicted octanol–water partition coefficient (Wildman–Crippen LogP) is 3.21. The molecule has 0 N–H and O–H groups in total. The molecule has 1 aromatic rings. The fourth-order valence-corrected chi connectivity index (χ4v) is 2.13. The van der Waals surface area contributed by atoms with Gasteiger partial charge >= 0.3 is 0 Å². The van der Waals surface area contributed by atoms with Crippen molar-refractivity contribution in [2.75, 3.05) is 19.6 Å². The average molecular weight is 250 g/mol. The maximum absolute atomic E-state index is 10.6. The van der Waals surface area contributed by atoms with Gasteiger partial charge in [0.25, 0.3) is 5.69 Å². The Labute approximate surface area is 109 Å². The molecule has 4 heteroatoms. The molecule has 0 saturated carbocycles. The summed E-state index contributed by atoms with van der Waals surface area (Å²) in [6.45, 7) is 11.6. The van der Waals surface area contributed by atoms with Gasteiger partial charge in [-0.1, -0.05) is 39.8 Å². The molecule has 0 amide bonds. The van der Waals surface area contributed by atoms with Crippen LogP contribution in [0.1, 0.15) is 33.3 Å². The van der Waals surface area contributed by atoms with Crippen LogP contribution < -0.4 is 0 Å². The van der Waals surface area contributed by atoms with Crippen LogP contribution in [0.25, 0.3) is 0 Å². The van der Waals surface area contributed by atoms with Crippen LogP contribution in [-0.4, -0.2) is 29.5 Å². The highest BCUT2D eigenvalue weighted by Crippen LogP contribution is 2.26. The van der Waals surface area contributed by atoms with E-state index in [2.05, 4.69) is 32.6 Å². The van der Waals surface area contributed by atoms with Gasteiger partial charge in [-0.15, -0.1) is 0 Å². The molecule has 18 heavy (non-hydrogen) atoms. The molecule has 0 aliphatic carbocycles. The number of rotatable bonds is 6. The molecule has 0 spiro atoms. The fraction of sp³-hybridized carbons (Fsp3) is 0.571. The second kappa shape index (κ2) is 5.96. The average Bonchev–Trinajstić information content (AvgIpc) is 2.36. The molecule has 0 atom stereocenters. The SMILES string of the molecule is CCN(CC)CC(C)(C)c1ccc([N+](=O)[O-])cc1. The van der Waals surface area contributed by atoms with Gasteiger partial charge in [0.05, 0.1) is 4.92 Å². The Kier molecular flexibility index (Phi) is 4.84. The molecule has 1 rings (SSSR count). The van der Waals surface area contributed by atoms with Crippen LogP contribution in [0.4, 0.5) is 5.69 Å². The van der Waals surface area contributed by atoms with E-state index in [4.69, 9.17) is 0 Å². The van der Waals surface area contributed by atoms with E-state index in [0.717, 1.165) is 25.2 Å². The number of nitrogens with zero attached hydrogens (tertiary/aromatic N) is 2. The minimum atomic E-state index is -0.360. The molecule has 0 unspecified atom stereocenters. The first-order valence-corrected chi connectivity index (χ1v) is 6.38. The third-order valence-electron chi connectivity index (χ3n) is 3.37. The molecule has 4 nitrogen and oxygen atoms in total. The van der Waals surface area contributed by atoms with E-state index in [1.807, 2.05) is 12.1 Å². The van der Waals surface area contributed by atoms with Crippen LogP contribution >= 0.6 is 0 Å². The monoisotopic (exact) mass is 250 g/mol. The summed E-state index contributed by atoms with van der Waals surface area (Å²) in [7, 11) is 0. The van der Waals surface area contributed by atoms with Crippen molar-refractivity contribution in [3.05, 3.63) is 39.9 Å². The first-order valence-electron chi connectivity index (χ1n) is 6.38. The summed E-state index contributed by atoms with van der Waals surface area (Å²) in [4.78, 5) is 12.6. The molecule has 0 heterocycles. The van der Waals surface area contributed by atoms with Gasteiger partial charge in [0, 0.05) is 24.1 Å². The fourth-order valence-electron chi connectivity index (χ4n) is 2.13. The van der Waals surface area contributed by atoms with Gasteiger partial charge in [0.1, 0.15) is 0 Å². The minimum absolute atomic E-state index is 0.00114. The minimum Gasteiger partial charge on any atom is -0.303 e. The van der Waals surface area contributed by atoms with E-state index in [1.165, 1.54) is 0 Å². The number of likely N-dealkylation sites (N-methyl/N-ethyl adjacent to an activating group) is 1. The lowest BCUT2D eigenvalue weighted by molar-refractivity contribution is -0.384. The van der Waals surface area contributed by atoms with Gasteiger partial charge < -0.3 is 4.90 Å². The number of hydrogen-bond donors (Lipinski definition) is 0. The Hall–Kier alpha value is -1.42. The van der Waals surface area contributed by atoms with Crippen molar-refractivity contribution in [1.29, 1.82) is 0 Å². The number of benzene rings is 1. The second-order valence-electron chi connectivity index (χ2n) is 5.15. The molecule has 0 saturated heterocycles. The van der Waals surface area contributed by atoms with E-state index in [9.17, 15) is 10.1 Å². The summed E-state index contributed by atoms with van der Waals surface area (Å²) >= 11 is 0.